The van der Waals surface area contributed by atoms with Gasteiger partial charge in [-0.2, -0.15) is 0 Å². The fourth-order valence-corrected chi connectivity index (χ4v) is 6.43. The summed E-state index contributed by atoms with van der Waals surface area (Å²) in [5, 5.41) is -0.905. The number of carbonyl (C=O) groups is 1. The molecule has 1 amide bonds. The maximum Gasteiger partial charge on any atom is 0.227 e. The van der Waals surface area contributed by atoms with E-state index in [0.717, 1.165) is 5.56 Å². The first-order valence-corrected chi connectivity index (χ1v) is 11.2. The minimum Gasteiger partial charge on any atom is -0.337 e. The Kier molecular flexibility index (Phi) is 4.24. The molecule has 0 saturated carbocycles. The summed E-state index contributed by atoms with van der Waals surface area (Å²) in [7, 11) is -6.34. The second kappa shape index (κ2) is 5.84. The predicted octanol–water partition coefficient (Wildman–Crippen LogP) is 0.809. The van der Waals surface area contributed by atoms with E-state index < -0.39 is 30.2 Å². The molecular weight excluding hydrogens is 350 g/mol. The summed E-state index contributed by atoms with van der Waals surface area (Å²) >= 11 is 0. The van der Waals surface area contributed by atoms with Gasteiger partial charge in [0.05, 0.1) is 27.6 Å². The summed E-state index contributed by atoms with van der Waals surface area (Å²) in [5.74, 6) is -0.0357. The molecule has 0 spiro atoms. The van der Waals surface area contributed by atoms with Crippen molar-refractivity contribution in [2.45, 2.75) is 48.1 Å². The van der Waals surface area contributed by atoms with Gasteiger partial charge in [-0.3, -0.25) is 4.79 Å². The van der Waals surface area contributed by atoms with Crippen LogP contribution in [0.4, 0.5) is 0 Å². The Balaban J connectivity index is 1.68. The number of rotatable bonds is 4. The van der Waals surface area contributed by atoms with Gasteiger partial charge in [0.25, 0.3) is 0 Å². The van der Waals surface area contributed by atoms with Gasteiger partial charge in [-0.25, -0.2) is 16.8 Å². The number of carbonyl (C=O) groups excluding carboxylic acids is 1. The number of hydrogen-bond acceptors (Lipinski definition) is 5. The van der Waals surface area contributed by atoms with Gasteiger partial charge in [0.15, 0.2) is 19.7 Å². The van der Waals surface area contributed by atoms with Gasteiger partial charge in [-0.1, -0.05) is 12.1 Å². The fourth-order valence-electron chi connectivity index (χ4n) is 3.35. The molecule has 2 atom stereocenters. The molecule has 3 rings (SSSR count). The molecule has 0 radical (unpaired) electrons. The number of nitrogens with zero attached hydrogens (tertiary/aromatic N) is 1. The van der Waals surface area contributed by atoms with Gasteiger partial charge >= 0.3 is 0 Å². The number of hydrogen-bond donors (Lipinski definition) is 0. The summed E-state index contributed by atoms with van der Waals surface area (Å²) < 4.78 is 47.7. The lowest BCUT2D eigenvalue weighted by atomic mass is 10.1. The van der Waals surface area contributed by atoms with Crippen LogP contribution in [0.3, 0.4) is 0 Å². The van der Waals surface area contributed by atoms with E-state index in [0.29, 0.717) is 6.42 Å². The minimum atomic E-state index is -3.32. The Hall–Kier alpha value is -1.41. The molecule has 1 aromatic rings. The Morgan fingerprint density at radius 2 is 1.88 bits per heavy atom. The third-order valence-corrected chi connectivity index (χ3v) is 9.23. The molecule has 2 unspecified atom stereocenters. The smallest absolute Gasteiger partial charge is 0.227 e. The molecule has 6 nitrogen and oxygen atoms in total. The van der Waals surface area contributed by atoms with Crippen LogP contribution in [0.1, 0.15) is 25.8 Å². The topological polar surface area (TPSA) is 88.6 Å². The number of amides is 1. The fraction of sp³-hybridized carbons (Fsp3) is 0.562. The predicted molar refractivity (Wildman–Crippen MR) is 90.2 cm³/mol. The van der Waals surface area contributed by atoms with Gasteiger partial charge < -0.3 is 4.90 Å². The molecule has 1 aromatic carbocycles. The van der Waals surface area contributed by atoms with Crippen molar-refractivity contribution < 1.29 is 21.6 Å². The van der Waals surface area contributed by atoms with Crippen LogP contribution in [0.2, 0.25) is 0 Å². The van der Waals surface area contributed by atoms with E-state index in [4.69, 9.17) is 0 Å². The highest BCUT2D eigenvalue weighted by Gasteiger charge is 2.49. The van der Waals surface area contributed by atoms with E-state index in [2.05, 4.69) is 0 Å². The first-order chi connectivity index (χ1) is 11.1. The maximum absolute atomic E-state index is 12.4. The lowest BCUT2D eigenvalue weighted by Gasteiger charge is -2.27. The number of benzene rings is 1. The van der Waals surface area contributed by atoms with Crippen LogP contribution < -0.4 is 0 Å². The largest absolute Gasteiger partial charge is 0.337 e. The van der Waals surface area contributed by atoms with Crippen LogP contribution in [-0.2, 0) is 30.9 Å². The van der Waals surface area contributed by atoms with Gasteiger partial charge in [-0.05, 0) is 38.0 Å². The van der Waals surface area contributed by atoms with Crippen LogP contribution in [0.5, 0.6) is 0 Å². The van der Waals surface area contributed by atoms with Gasteiger partial charge in [0, 0.05) is 12.6 Å². The Morgan fingerprint density at radius 3 is 2.33 bits per heavy atom. The zero-order valence-corrected chi connectivity index (χ0v) is 15.3. The van der Waals surface area contributed by atoms with Crippen molar-refractivity contribution in [3.8, 4) is 0 Å². The third kappa shape index (κ3) is 2.97. The van der Waals surface area contributed by atoms with Crippen LogP contribution >= 0.6 is 0 Å². The van der Waals surface area contributed by atoms with Gasteiger partial charge in [-0.15, -0.1) is 0 Å². The SMILES string of the molecule is CC(C)S(=O)(=O)c1ccc(CC(=O)N2CC3CC2CS3(=O)=O)cc1. The van der Waals surface area contributed by atoms with Crippen molar-refractivity contribution in [2.24, 2.45) is 0 Å². The molecule has 2 heterocycles. The highest BCUT2D eigenvalue weighted by atomic mass is 32.2. The van der Waals surface area contributed by atoms with Gasteiger partial charge in [0.1, 0.15) is 0 Å². The van der Waals surface area contributed by atoms with E-state index in [1.165, 1.54) is 12.1 Å². The number of sulfone groups is 2. The van der Waals surface area contributed by atoms with E-state index >= 15 is 0 Å². The highest BCUT2D eigenvalue weighted by Crippen LogP contribution is 2.33. The van der Waals surface area contributed by atoms with Crippen molar-refractivity contribution in [1.29, 1.82) is 0 Å². The third-order valence-electron chi connectivity index (χ3n) is 4.86. The second-order valence-electron chi connectivity index (χ2n) is 6.80. The molecule has 0 aromatic heterocycles. The van der Waals surface area contributed by atoms with Gasteiger partial charge in [0.2, 0.25) is 5.91 Å². The molecule has 8 heteroatoms. The summed E-state index contributed by atoms with van der Waals surface area (Å²) in [6.07, 6.45) is 0.699. The summed E-state index contributed by atoms with van der Waals surface area (Å²) in [6.45, 7) is 3.54. The lowest BCUT2D eigenvalue weighted by molar-refractivity contribution is -0.131. The molecular formula is C16H21NO5S2. The average Bonchev–Trinajstić information content (AvgIpc) is 3.03. The molecule has 2 aliphatic heterocycles. The highest BCUT2D eigenvalue weighted by molar-refractivity contribution is 7.92. The molecule has 132 valence electrons. The van der Waals surface area contributed by atoms with Crippen LogP contribution in [0.25, 0.3) is 0 Å². The molecule has 2 fully saturated rings. The van der Waals surface area contributed by atoms with Crippen LogP contribution in [0, 0.1) is 0 Å². The molecule has 24 heavy (non-hydrogen) atoms. The average molecular weight is 371 g/mol. The second-order valence-corrected chi connectivity index (χ2v) is 11.6. The Bertz CT molecular complexity index is 856. The summed E-state index contributed by atoms with van der Waals surface area (Å²) in [6, 6.07) is 6.15. The molecule has 0 N–H and O–H groups in total. The zero-order valence-electron chi connectivity index (χ0n) is 13.7. The first-order valence-electron chi connectivity index (χ1n) is 7.95. The zero-order chi connectivity index (χ0) is 17.7. The normalized spacial score (nSPS) is 25.4. The maximum atomic E-state index is 12.4. The molecule has 2 bridgehead atoms. The minimum absolute atomic E-state index is 0.0645. The Morgan fingerprint density at radius 1 is 1.25 bits per heavy atom. The lowest BCUT2D eigenvalue weighted by Crippen LogP contribution is -2.44. The first kappa shape index (κ1) is 17.4. The van der Waals surface area contributed by atoms with Crippen LogP contribution in [-0.4, -0.2) is 56.5 Å². The van der Waals surface area contributed by atoms with Crippen molar-refractivity contribution in [3.63, 3.8) is 0 Å². The van der Waals surface area contributed by atoms with Crippen molar-refractivity contribution in [1.82, 2.24) is 4.90 Å². The molecule has 2 aliphatic rings. The summed E-state index contributed by atoms with van der Waals surface area (Å²) in [5.41, 5.74) is 0.730. The van der Waals surface area contributed by atoms with E-state index in [-0.39, 0.29) is 35.6 Å². The monoisotopic (exact) mass is 371 g/mol. The van der Waals surface area contributed by atoms with E-state index in [1.54, 1.807) is 30.9 Å². The van der Waals surface area contributed by atoms with Crippen LogP contribution in [0.15, 0.2) is 29.2 Å². The molecule has 0 aliphatic carbocycles. The van der Waals surface area contributed by atoms with E-state index in [1.807, 2.05) is 0 Å². The van der Waals surface area contributed by atoms with Crippen molar-refractivity contribution >= 4 is 25.6 Å². The standard InChI is InChI=1S/C16H21NO5S2/c1-11(2)24(21,22)14-5-3-12(4-6-14)7-16(18)17-9-15-8-13(17)10-23(15,19)20/h3-6,11,13,15H,7-10H2,1-2H3. The molecule has 2 saturated heterocycles. The van der Waals surface area contributed by atoms with Crippen molar-refractivity contribution in [3.05, 3.63) is 29.8 Å². The number of likely N-dealkylation sites (tertiary alicyclic amines) is 1. The summed E-state index contributed by atoms with van der Waals surface area (Å²) in [4.78, 5) is 14.3. The van der Waals surface area contributed by atoms with Crippen molar-refractivity contribution in [2.75, 3.05) is 12.3 Å². The number of fused-ring (bicyclic) bond motifs is 2. The quantitative estimate of drug-likeness (QED) is 0.781. The van der Waals surface area contributed by atoms with E-state index in [9.17, 15) is 21.6 Å². The Labute approximate surface area is 142 Å².